The van der Waals surface area contributed by atoms with Gasteiger partial charge >= 0.3 is 0 Å². The molecule has 0 spiro atoms. The van der Waals surface area contributed by atoms with Crippen LogP contribution in [0.1, 0.15) is 17.5 Å². The van der Waals surface area contributed by atoms with Crippen LogP contribution in [0.25, 0.3) is 0 Å². The van der Waals surface area contributed by atoms with E-state index in [1.54, 1.807) is 0 Å². The Balaban J connectivity index is 1.49. The van der Waals surface area contributed by atoms with Gasteiger partial charge in [0.2, 0.25) is 0 Å². The minimum absolute atomic E-state index is 0.597. The maximum atomic E-state index is 4.61. The highest BCUT2D eigenvalue weighted by Crippen LogP contribution is 2.38. The van der Waals surface area contributed by atoms with Crippen molar-refractivity contribution >= 4 is 21.7 Å². The van der Waals surface area contributed by atoms with Crippen LogP contribution in [0, 0.1) is 6.92 Å². The summed E-state index contributed by atoms with van der Waals surface area (Å²) >= 11 is 3.71. The summed E-state index contributed by atoms with van der Waals surface area (Å²) in [4.78, 5) is 9.72. The average Bonchev–Trinajstić information content (AvgIpc) is 3.11. The summed E-state index contributed by atoms with van der Waals surface area (Å²) in [6.07, 6.45) is 3.18. The third-order valence-corrected chi connectivity index (χ3v) is 5.90. The van der Waals surface area contributed by atoms with E-state index in [1.165, 1.54) is 17.5 Å². The second-order valence-corrected chi connectivity index (χ2v) is 7.17. The molecule has 0 amide bonds. The molecule has 2 aromatic rings. The van der Waals surface area contributed by atoms with Gasteiger partial charge in [0.1, 0.15) is 5.82 Å². The molecule has 2 saturated heterocycles. The number of rotatable bonds is 3. The van der Waals surface area contributed by atoms with Gasteiger partial charge in [0.15, 0.2) is 0 Å². The molecule has 22 heavy (non-hydrogen) atoms. The van der Waals surface area contributed by atoms with Crippen LogP contribution in [-0.4, -0.2) is 35.1 Å². The number of piperazine rings is 1. The molecule has 2 bridgehead atoms. The van der Waals surface area contributed by atoms with Crippen molar-refractivity contribution < 1.29 is 0 Å². The Labute approximate surface area is 140 Å². The van der Waals surface area contributed by atoms with E-state index in [1.807, 2.05) is 6.20 Å². The summed E-state index contributed by atoms with van der Waals surface area (Å²) in [5, 5.41) is 0. The summed E-state index contributed by atoms with van der Waals surface area (Å²) in [6.45, 7) is 5.43. The van der Waals surface area contributed by atoms with Crippen LogP contribution >= 0.6 is 15.9 Å². The molecular formula is C18H20BrN3. The highest BCUT2D eigenvalue weighted by atomic mass is 79.9. The van der Waals surface area contributed by atoms with Gasteiger partial charge in [-0.15, -0.1) is 0 Å². The highest BCUT2D eigenvalue weighted by Gasteiger charge is 2.44. The molecule has 114 valence electrons. The number of benzene rings is 1. The first-order valence-corrected chi connectivity index (χ1v) is 8.67. The summed E-state index contributed by atoms with van der Waals surface area (Å²) in [7, 11) is 0. The average molecular weight is 358 g/mol. The fraction of sp³-hybridized carbons (Fsp3) is 0.389. The van der Waals surface area contributed by atoms with Crippen molar-refractivity contribution in [1.29, 1.82) is 0 Å². The van der Waals surface area contributed by atoms with Crippen molar-refractivity contribution in [1.82, 2.24) is 9.88 Å². The molecule has 2 unspecified atom stereocenters. The zero-order chi connectivity index (χ0) is 15.1. The predicted octanol–water partition coefficient (Wildman–Crippen LogP) is 3.62. The van der Waals surface area contributed by atoms with Gasteiger partial charge in [-0.1, -0.05) is 30.3 Å². The molecular weight excluding hydrogens is 338 g/mol. The normalized spacial score (nSPS) is 24.2. The Bertz CT molecular complexity index is 673. The smallest absolute Gasteiger partial charge is 0.143 e. The van der Waals surface area contributed by atoms with Crippen molar-refractivity contribution in [2.75, 3.05) is 18.0 Å². The molecule has 4 heteroatoms. The van der Waals surface area contributed by atoms with E-state index in [0.717, 1.165) is 29.9 Å². The number of aryl methyl sites for hydroxylation is 1. The lowest BCUT2D eigenvalue weighted by Crippen LogP contribution is -2.46. The van der Waals surface area contributed by atoms with Crippen molar-refractivity contribution in [3.05, 3.63) is 58.2 Å². The van der Waals surface area contributed by atoms with Crippen LogP contribution in [0.5, 0.6) is 0 Å². The first-order chi connectivity index (χ1) is 10.7. The van der Waals surface area contributed by atoms with Crippen LogP contribution in [0.15, 0.2) is 47.1 Å². The molecule has 2 atom stereocenters. The molecule has 0 N–H and O–H groups in total. The van der Waals surface area contributed by atoms with E-state index >= 15 is 0 Å². The number of hydrogen-bond donors (Lipinski definition) is 0. The zero-order valence-corrected chi connectivity index (χ0v) is 14.3. The predicted molar refractivity (Wildman–Crippen MR) is 93.1 cm³/mol. The van der Waals surface area contributed by atoms with Gasteiger partial charge in [-0.3, -0.25) is 4.90 Å². The Kier molecular flexibility index (Phi) is 3.66. The molecule has 1 aromatic carbocycles. The van der Waals surface area contributed by atoms with E-state index in [-0.39, 0.29) is 0 Å². The number of pyridine rings is 1. The third-order valence-electron chi connectivity index (χ3n) is 4.92. The number of halogens is 1. The van der Waals surface area contributed by atoms with Gasteiger partial charge in [0.25, 0.3) is 0 Å². The molecule has 0 saturated carbocycles. The lowest BCUT2D eigenvalue weighted by Gasteiger charge is -2.35. The SMILES string of the molecule is Cc1ccnc(N2CC3CC2CN3Cc2ccccc2)c1Br. The topological polar surface area (TPSA) is 19.4 Å². The van der Waals surface area contributed by atoms with Crippen LogP contribution in [-0.2, 0) is 6.54 Å². The number of nitrogens with zero attached hydrogens (tertiary/aromatic N) is 3. The van der Waals surface area contributed by atoms with Crippen LogP contribution in [0.4, 0.5) is 5.82 Å². The monoisotopic (exact) mass is 357 g/mol. The van der Waals surface area contributed by atoms with Crippen molar-refractivity contribution in [2.45, 2.75) is 32.0 Å². The van der Waals surface area contributed by atoms with Gasteiger partial charge in [0.05, 0.1) is 4.47 Å². The highest BCUT2D eigenvalue weighted by molar-refractivity contribution is 9.10. The maximum Gasteiger partial charge on any atom is 0.143 e. The number of fused-ring (bicyclic) bond motifs is 2. The Morgan fingerprint density at radius 3 is 2.68 bits per heavy atom. The number of hydrogen-bond acceptors (Lipinski definition) is 3. The minimum Gasteiger partial charge on any atom is -0.350 e. The molecule has 3 nitrogen and oxygen atoms in total. The quantitative estimate of drug-likeness (QED) is 0.836. The minimum atomic E-state index is 0.597. The molecule has 0 radical (unpaired) electrons. The summed E-state index contributed by atoms with van der Waals surface area (Å²) < 4.78 is 1.15. The van der Waals surface area contributed by atoms with Crippen molar-refractivity contribution in [3.8, 4) is 0 Å². The molecule has 0 aliphatic carbocycles. The number of likely N-dealkylation sites (tertiary alicyclic amines) is 1. The van der Waals surface area contributed by atoms with Gasteiger partial charge < -0.3 is 4.90 Å². The first kappa shape index (κ1) is 14.2. The van der Waals surface area contributed by atoms with Crippen LogP contribution in [0.3, 0.4) is 0 Å². The standard InChI is InChI=1S/C18H20BrN3/c1-13-7-8-20-18(17(13)19)22-12-15-9-16(22)11-21(15)10-14-5-3-2-4-6-14/h2-8,15-16H,9-12H2,1H3. The second-order valence-electron chi connectivity index (χ2n) is 6.38. The van der Waals surface area contributed by atoms with Gasteiger partial charge in [-0.2, -0.15) is 0 Å². The molecule has 3 heterocycles. The maximum absolute atomic E-state index is 4.61. The van der Waals surface area contributed by atoms with Gasteiger partial charge in [-0.25, -0.2) is 4.98 Å². The number of aromatic nitrogens is 1. The van der Waals surface area contributed by atoms with Gasteiger partial charge in [-0.05, 0) is 46.5 Å². The lowest BCUT2D eigenvalue weighted by molar-refractivity contribution is 0.230. The molecule has 2 aliphatic heterocycles. The molecule has 2 fully saturated rings. The van der Waals surface area contributed by atoms with E-state index in [4.69, 9.17) is 0 Å². The summed E-state index contributed by atoms with van der Waals surface area (Å²) in [5.74, 6) is 1.12. The Morgan fingerprint density at radius 2 is 1.95 bits per heavy atom. The van der Waals surface area contributed by atoms with E-state index < -0.39 is 0 Å². The summed E-state index contributed by atoms with van der Waals surface area (Å²) in [6, 6.07) is 14.1. The third kappa shape index (κ3) is 2.44. The van der Waals surface area contributed by atoms with Gasteiger partial charge in [0, 0.05) is 37.9 Å². The Morgan fingerprint density at radius 1 is 1.14 bits per heavy atom. The van der Waals surface area contributed by atoms with E-state index in [9.17, 15) is 0 Å². The van der Waals surface area contributed by atoms with Crippen molar-refractivity contribution in [3.63, 3.8) is 0 Å². The fourth-order valence-corrected chi connectivity index (χ4v) is 4.21. The van der Waals surface area contributed by atoms with Crippen LogP contribution in [0.2, 0.25) is 0 Å². The lowest BCUT2D eigenvalue weighted by atomic mass is 10.2. The largest absolute Gasteiger partial charge is 0.350 e. The van der Waals surface area contributed by atoms with Crippen LogP contribution < -0.4 is 4.90 Å². The zero-order valence-electron chi connectivity index (χ0n) is 12.7. The van der Waals surface area contributed by atoms with E-state index in [0.29, 0.717) is 12.1 Å². The first-order valence-electron chi connectivity index (χ1n) is 7.88. The molecule has 2 aliphatic rings. The van der Waals surface area contributed by atoms with E-state index in [2.05, 4.69) is 74.0 Å². The molecule has 4 rings (SSSR count). The van der Waals surface area contributed by atoms with Crippen molar-refractivity contribution in [2.24, 2.45) is 0 Å². The fourth-order valence-electron chi connectivity index (χ4n) is 3.75. The second kappa shape index (κ2) is 5.67. The Hall–Kier alpha value is -1.39. The molecule has 1 aromatic heterocycles. The number of anilines is 1. The summed E-state index contributed by atoms with van der Waals surface area (Å²) in [5.41, 5.74) is 2.67.